The smallest absolute Gasteiger partial charge is 0.254 e. The van der Waals surface area contributed by atoms with Crippen LogP contribution in [0.1, 0.15) is 64.7 Å². The van der Waals surface area contributed by atoms with Gasteiger partial charge in [0.15, 0.2) is 11.5 Å². The van der Waals surface area contributed by atoms with Crippen LogP contribution in [0, 0.1) is 19.8 Å². The first-order valence-electron chi connectivity index (χ1n) is 15.4. The Bertz CT molecular complexity index is 1490. The van der Waals surface area contributed by atoms with Crippen molar-refractivity contribution in [3.8, 4) is 17.2 Å². The molecule has 0 aromatic heterocycles. The van der Waals surface area contributed by atoms with Crippen LogP contribution in [-0.2, 0) is 10.2 Å². The number of carbonyl (C=O) groups excluding carboxylic acids is 2. The van der Waals surface area contributed by atoms with Crippen molar-refractivity contribution < 1.29 is 23.8 Å². The Hall–Kier alpha value is -4.04. The monoisotopic (exact) mass is 599 g/mol. The van der Waals surface area contributed by atoms with Crippen LogP contribution in [0.15, 0.2) is 60.7 Å². The van der Waals surface area contributed by atoms with Gasteiger partial charge in [-0.1, -0.05) is 55.5 Å². The van der Waals surface area contributed by atoms with E-state index in [1.807, 2.05) is 35.2 Å². The predicted molar refractivity (Wildman–Crippen MR) is 172 cm³/mol. The van der Waals surface area contributed by atoms with Crippen LogP contribution in [0.2, 0.25) is 0 Å². The number of benzene rings is 3. The molecule has 2 aliphatic heterocycles. The number of carbonyl (C=O) groups is 2. The van der Waals surface area contributed by atoms with Crippen LogP contribution in [-0.4, -0.2) is 63.2 Å². The van der Waals surface area contributed by atoms with Crippen molar-refractivity contribution in [2.75, 3.05) is 41.0 Å². The zero-order chi connectivity index (χ0) is 31.6. The van der Waals surface area contributed by atoms with E-state index >= 15 is 0 Å². The second-order valence-corrected chi connectivity index (χ2v) is 12.1. The van der Waals surface area contributed by atoms with Crippen molar-refractivity contribution in [1.29, 1.82) is 0 Å². The molecule has 0 aliphatic carbocycles. The standard InChI is InChI=1S/C36H45N3O5/c1-7-36(28-15-17-38-22-28)32(25-14-13-23(2)24(3)19-25)35(34(37)41,27-11-9-8-10-12-27)16-18-39(36)33(40)26-20-29(42-4)31(44-6)30(21-26)43-5/h8-14,19-21,28,32,38H,7,15-18,22H2,1-6H3,(H2,37,41). The molecule has 2 saturated heterocycles. The Morgan fingerprint density at radius 2 is 1.64 bits per heavy atom. The molecule has 3 N–H and O–H groups in total. The fourth-order valence-corrected chi connectivity index (χ4v) is 8.07. The molecule has 2 amide bonds. The van der Waals surface area contributed by atoms with Gasteiger partial charge in [-0.3, -0.25) is 9.59 Å². The molecule has 3 aromatic rings. The predicted octanol–water partition coefficient (Wildman–Crippen LogP) is 5.14. The first-order chi connectivity index (χ1) is 21.2. The summed E-state index contributed by atoms with van der Waals surface area (Å²) in [5.74, 6) is 0.429. The fourth-order valence-electron chi connectivity index (χ4n) is 8.07. The van der Waals surface area contributed by atoms with Crippen LogP contribution in [0.25, 0.3) is 0 Å². The summed E-state index contributed by atoms with van der Waals surface area (Å²) in [4.78, 5) is 31.0. The quantitative estimate of drug-likeness (QED) is 0.353. The number of nitrogens with one attached hydrogen (secondary N) is 1. The number of nitrogens with two attached hydrogens (primary N) is 1. The number of aryl methyl sites for hydroxylation is 2. The number of primary amides is 1. The van der Waals surface area contributed by atoms with E-state index in [0.717, 1.165) is 36.2 Å². The molecular weight excluding hydrogens is 554 g/mol. The van der Waals surface area contributed by atoms with Crippen molar-refractivity contribution in [1.82, 2.24) is 10.2 Å². The zero-order valence-electron chi connectivity index (χ0n) is 26.7. The number of hydrogen-bond acceptors (Lipinski definition) is 6. The van der Waals surface area contributed by atoms with Gasteiger partial charge in [-0.25, -0.2) is 0 Å². The number of amides is 2. The minimum Gasteiger partial charge on any atom is -0.493 e. The van der Waals surface area contributed by atoms with Gasteiger partial charge in [-0.05, 0) is 80.0 Å². The second kappa shape index (κ2) is 12.5. The summed E-state index contributed by atoms with van der Waals surface area (Å²) >= 11 is 0. The fraction of sp³-hybridized carbons (Fsp3) is 0.444. The maximum atomic E-state index is 14.9. The maximum absolute atomic E-state index is 14.9. The maximum Gasteiger partial charge on any atom is 0.254 e. The molecule has 4 unspecified atom stereocenters. The number of methoxy groups -OCH3 is 3. The number of rotatable bonds is 9. The van der Waals surface area contributed by atoms with Crippen molar-refractivity contribution in [2.45, 2.75) is 56.9 Å². The summed E-state index contributed by atoms with van der Waals surface area (Å²) in [5, 5.41) is 3.56. The summed E-state index contributed by atoms with van der Waals surface area (Å²) in [6, 6.07) is 19.8. The molecule has 0 saturated carbocycles. The highest BCUT2D eigenvalue weighted by atomic mass is 16.5. The van der Waals surface area contributed by atoms with Crippen LogP contribution in [0.4, 0.5) is 0 Å². The molecule has 0 spiro atoms. The number of piperidine rings is 1. The molecule has 2 aliphatic rings. The van der Waals surface area contributed by atoms with E-state index in [9.17, 15) is 9.59 Å². The zero-order valence-corrected chi connectivity index (χ0v) is 26.7. The van der Waals surface area contributed by atoms with Crippen molar-refractivity contribution in [3.05, 3.63) is 88.5 Å². The molecule has 4 atom stereocenters. The first-order valence-corrected chi connectivity index (χ1v) is 15.4. The molecule has 5 rings (SSSR count). The number of likely N-dealkylation sites (tertiary alicyclic amines) is 1. The van der Waals surface area contributed by atoms with E-state index in [1.165, 1.54) is 5.56 Å². The number of hydrogen-bond donors (Lipinski definition) is 2. The normalized spacial score (nSPS) is 25.0. The third kappa shape index (κ3) is 4.89. The van der Waals surface area contributed by atoms with Crippen LogP contribution in [0.3, 0.4) is 0 Å². The third-order valence-electron chi connectivity index (χ3n) is 10.3. The summed E-state index contributed by atoms with van der Waals surface area (Å²) in [7, 11) is 4.64. The molecule has 3 aromatic carbocycles. The number of nitrogens with zero attached hydrogens (tertiary/aromatic N) is 1. The molecule has 0 radical (unpaired) electrons. The molecule has 8 nitrogen and oxygen atoms in total. The number of ether oxygens (including phenoxy) is 3. The van der Waals surface area contributed by atoms with Crippen LogP contribution < -0.4 is 25.3 Å². The lowest BCUT2D eigenvalue weighted by Gasteiger charge is -2.61. The Labute approximate surface area is 260 Å². The van der Waals surface area contributed by atoms with E-state index in [4.69, 9.17) is 19.9 Å². The lowest BCUT2D eigenvalue weighted by Crippen LogP contribution is -2.70. The van der Waals surface area contributed by atoms with E-state index in [0.29, 0.717) is 42.2 Å². The van der Waals surface area contributed by atoms with Gasteiger partial charge in [0.1, 0.15) is 0 Å². The van der Waals surface area contributed by atoms with E-state index < -0.39 is 16.9 Å². The molecule has 44 heavy (non-hydrogen) atoms. The van der Waals surface area contributed by atoms with E-state index in [1.54, 1.807) is 33.5 Å². The molecule has 234 valence electrons. The van der Waals surface area contributed by atoms with Crippen molar-refractivity contribution >= 4 is 11.8 Å². The third-order valence-corrected chi connectivity index (χ3v) is 10.3. The van der Waals surface area contributed by atoms with Gasteiger partial charge in [0.25, 0.3) is 5.91 Å². The average molecular weight is 600 g/mol. The first kappa shape index (κ1) is 31.4. The van der Waals surface area contributed by atoms with Gasteiger partial charge in [0, 0.05) is 24.6 Å². The molecular formula is C36H45N3O5. The average Bonchev–Trinajstić information content (AvgIpc) is 3.60. The Morgan fingerprint density at radius 3 is 2.16 bits per heavy atom. The van der Waals surface area contributed by atoms with E-state index in [-0.39, 0.29) is 17.7 Å². The summed E-state index contributed by atoms with van der Waals surface area (Å²) in [6.45, 7) is 8.26. The van der Waals surface area contributed by atoms with Crippen molar-refractivity contribution in [2.24, 2.45) is 11.7 Å². The minimum absolute atomic E-state index is 0.0767. The molecule has 8 heteroatoms. The molecule has 0 bridgehead atoms. The van der Waals surface area contributed by atoms with Gasteiger partial charge < -0.3 is 30.2 Å². The largest absolute Gasteiger partial charge is 0.493 e. The summed E-state index contributed by atoms with van der Waals surface area (Å²) in [5.41, 5.74) is 9.41. The van der Waals surface area contributed by atoms with Gasteiger partial charge >= 0.3 is 0 Å². The lowest BCUT2D eigenvalue weighted by atomic mass is 9.51. The topological polar surface area (TPSA) is 103 Å². The summed E-state index contributed by atoms with van der Waals surface area (Å²) in [6.07, 6.45) is 1.90. The Morgan fingerprint density at radius 1 is 0.955 bits per heavy atom. The molecule has 2 fully saturated rings. The highest BCUT2D eigenvalue weighted by Gasteiger charge is 2.64. The van der Waals surface area contributed by atoms with E-state index in [2.05, 4.69) is 44.3 Å². The van der Waals surface area contributed by atoms with Crippen molar-refractivity contribution in [3.63, 3.8) is 0 Å². The van der Waals surface area contributed by atoms with Gasteiger partial charge in [0.2, 0.25) is 11.7 Å². The molecule has 2 heterocycles. The van der Waals surface area contributed by atoms with Gasteiger partial charge in [-0.2, -0.15) is 0 Å². The lowest BCUT2D eigenvalue weighted by molar-refractivity contribution is -0.131. The SMILES string of the molecule is CCC1(C2CCNC2)C(c2ccc(C)c(C)c2)C(C(N)=O)(c2ccccc2)CCN1C(=O)c1cc(OC)c(OC)c(OC)c1. The highest BCUT2D eigenvalue weighted by molar-refractivity contribution is 5.97. The Balaban J connectivity index is 1.81. The Kier molecular flexibility index (Phi) is 8.93. The van der Waals surface area contributed by atoms with Crippen LogP contribution in [0.5, 0.6) is 17.2 Å². The minimum atomic E-state index is -1.03. The van der Waals surface area contributed by atoms with Gasteiger partial charge in [-0.15, -0.1) is 0 Å². The highest BCUT2D eigenvalue weighted by Crippen LogP contribution is 2.58. The van der Waals surface area contributed by atoms with Gasteiger partial charge in [0.05, 0.1) is 32.3 Å². The summed E-state index contributed by atoms with van der Waals surface area (Å²) < 4.78 is 16.8. The van der Waals surface area contributed by atoms with Crippen LogP contribution >= 0.6 is 0 Å². The second-order valence-electron chi connectivity index (χ2n) is 12.1.